The summed E-state index contributed by atoms with van der Waals surface area (Å²) < 4.78 is 0. The second-order valence-corrected chi connectivity index (χ2v) is 8.03. The van der Waals surface area contributed by atoms with E-state index < -0.39 is 46.6 Å². The molecule has 4 rings (SSSR count). The maximum atomic E-state index is 13.2. The first kappa shape index (κ1) is 21.7. The Morgan fingerprint density at radius 3 is 2.50 bits per heavy atom. The number of benzene rings is 2. The van der Waals surface area contributed by atoms with Crippen LogP contribution >= 0.6 is 11.6 Å². The number of anilines is 1. The lowest BCUT2D eigenvalue weighted by molar-refractivity contribution is -0.385. The molecule has 2 aromatic carbocycles. The number of aliphatic carboxylic acids is 1. The molecule has 166 valence electrons. The smallest absolute Gasteiger partial charge is 0.321 e. The van der Waals surface area contributed by atoms with Crippen molar-refractivity contribution in [3.05, 3.63) is 69.2 Å². The van der Waals surface area contributed by atoms with E-state index in [0.29, 0.717) is 0 Å². The molecular weight excluding hydrogens is 440 g/mol. The number of halogens is 1. The van der Waals surface area contributed by atoms with Gasteiger partial charge in [-0.3, -0.25) is 34.7 Å². The Hall–Kier alpha value is -3.50. The van der Waals surface area contributed by atoms with Gasteiger partial charge >= 0.3 is 5.97 Å². The summed E-state index contributed by atoms with van der Waals surface area (Å²) in [5.41, 5.74) is 0.581. The summed E-state index contributed by atoms with van der Waals surface area (Å²) in [5.74, 6) is -4.73. The molecule has 4 atom stereocenters. The maximum absolute atomic E-state index is 13.2. The topological polar surface area (TPSA) is 142 Å². The number of nitrogens with zero attached hydrogens (tertiary/aromatic N) is 2. The number of amides is 2. The summed E-state index contributed by atoms with van der Waals surface area (Å²) >= 11 is 6.03. The molecule has 0 aliphatic carbocycles. The van der Waals surface area contributed by atoms with Gasteiger partial charge in [-0.15, -0.1) is 0 Å². The van der Waals surface area contributed by atoms with Crippen LogP contribution in [-0.2, 0) is 14.4 Å². The Morgan fingerprint density at radius 2 is 1.84 bits per heavy atom. The Labute approximate surface area is 187 Å². The lowest BCUT2D eigenvalue weighted by Gasteiger charge is -2.21. The van der Waals surface area contributed by atoms with E-state index in [2.05, 4.69) is 10.6 Å². The molecule has 4 unspecified atom stereocenters. The highest BCUT2D eigenvalue weighted by Crippen LogP contribution is 2.46. The molecule has 2 aliphatic rings. The van der Waals surface area contributed by atoms with Crippen LogP contribution in [0.5, 0.6) is 0 Å². The number of nitro groups is 1. The van der Waals surface area contributed by atoms with Crippen molar-refractivity contribution < 1.29 is 24.4 Å². The molecule has 0 aromatic heterocycles. The average Bonchev–Trinajstić information content (AvgIpc) is 3.27. The Bertz CT molecular complexity index is 1090. The number of para-hydroxylation sites is 1. The number of carboxylic acid groups (broad SMARTS) is 1. The number of carbonyl (C=O) groups is 3. The van der Waals surface area contributed by atoms with Crippen molar-refractivity contribution in [3.63, 3.8) is 0 Å². The SMILES string of the molecule is O=C(O)C1NC(c2cc(Cl)ccc2[N+](=O)[O-])C2C(=O)N(CCNc3ccccc3)C(=O)C12. The van der Waals surface area contributed by atoms with E-state index in [9.17, 15) is 29.6 Å². The summed E-state index contributed by atoms with van der Waals surface area (Å²) in [4.78, 5) is 50.0. The van der Waals surface area contributed by atoms with Crippen molar-refractivity contribution in [1.82, 2.24) is 10.2 Å². The van der Waals surface area contributed by atoms with E-state index in [1.54, 1.807) is 0 Å². The molecule has 32 heavy (non-hydrogen) atoms. The first-order valence-electron chi connectivity index (χ1n) is 9.86. The van der Waals surface area contributed by atoms with Crippen LogP contribution in [0.3, 0.4) is 0 Å². The highest BCUT2D eigenvalue weighted by atomic mass is 35.5. The van der Waals surface area contributed by atoms with Gasteiger partial charge in [0.15, 0.2) is 0 Å². The molecule has 2 heterocycles. The van der Waals surface area contributed by atoms with Crippen molar-refractivity contribution in [1.29, 1.82) is 0 Å². The zero-order chi connectivity index (χ0) is 23.0. The van der Waals surface area contributed by atoms with Gasteiger partial charge < -0.3 is 10.4 Å². The molecule has 0 saturated carbocycles. The zero-order valence-corrected chi connectivity index (χ0v) is 17.4. The largest absolute Gasteiger partial charge is 0.480 e. The summed E-state index contributed by atoms with van der Waals surface area (Å²) in [6.45, 7) is 0.310. The first-order valence-corrected chi connectivity index (χ1v) is 10.2. The third kappa shape index (κ3) is 3.78. The highest BCUT2D eigenvalue weighted by Gasteiger charge is 2.61. The van der Waals surface area contributed by atoms with Crippen molar-refractivity contribution in [2.24, 2.45) is 11.8 Å². The molecule has 0 spiro atoms. The van der Waals surface area contributed by atoms with E-state index in [-0.39, 0.29) is 29.4 Å². The quantitative estimate of drug-likeness (QED) is 0.325. The number of imide groups is 1. The van der Waals surface area contributed by atoms with Crippen LogP contribution < -0.4 is 10.6 Å². The lowest BCUT2D eigenvalue weighted by Crippen LogP contribution is -2.44. The first-order chi connectivity index (χ1) is 15.3. The van der Waals surface area contributed by atoms with Crippen LogP contribution in [0.15, 0.2) is 48.5 Å². The number of likely N-dealkylation sites (tertiary alicyclic amines) is 1. The van der Waals surface area contributed by atoms with Gasteiger partial charge in [-0.2, -0.15) is 0 Å². The molecule has 11 heteroatoms. The molecular formula is C21H19ClN4O6. The third-order valence-electron chi connectivity index (χ3n) is 5.79. The third-order valence-corrected chi connectivity index (χ3v) is 6.03. The Morgan fingerprint density at radius 1 is 1.16 bits per heavy atom. The van der Waals surface area contributed by atoms with Crippen molar-refractivity contribution >= 4 is 40.8 Å². The summed E-state index contributed by atoms with van der Waals surface area (Å²) in [6.07, 6.45) is 0. The van der Waals surface area contributed by atoms with E-state index >= 15 is 0 Å². The number of carbonyl (C=O) groups excluding carboxylic acids is 2. The van der Waals surface area contributed by atoms with E-state index in [4.69, 9.17) is 11.6 Å². The number of hydrogen-bond acceptors (Lipinski definition) is 7. The van der Waals surface area contributed by atoms with E-state index in [1.165, 1.54) is 18.2 Å². The second kappa shape index (κ2) is 8.56. The lowest BCUT2D eigenvalue weighted by atomic mass is 9.86. The van der Waals surface area contributed by atoms with E-state index in [1.807, 2.05) is 30.3 Å². The number of nitro benzene ring substituents is 1. The van der Waals surface area contributed by atoms with Gasteiger partial charge in [-0.25, -0.2) is 0 Å². The van der Waals surface area contributed by atoms with Crippen LogP contribution in [0.4, 0.5) is 11.4 Å². The predicted octanol–water partition coefficient (Wildman–Crippen LogP) is 2.06. The van der Waals surface area contributed by atoms with Crippen molar-refractivity contribution in [3.8, 4) is 0 Å². The fourth-order valence-electron chi connectivity index (χ4n) is 4.41. The zero-order valence-electron chi connectivity index (χ0n) is 16.6. The molecule has 2 aliphatic heterocycles. The van der Waals surface area contributed by atoms with Crippen LogP contribution in [0.25, 0.3) is 0 Å². The summed E-state index contributed by atoms with van der Waals surface area (Å²) in [5, 5.41) is 27.2. The fourth-order valence-corrected chi connectivity index (χ4v) is 4.59. The molecule has 2 fully saturated rings. The second-order valence-electron chi connectivity index (χ2n) is 7.59. The Balaban J connectivity index is 1.62. The minimum Gasteiger partial charge on any atom is -0.480 e. The maximum Gasteiger partial charge on any atom is 0.321 e. The van der Waals surface area contributed by atoms with Crippen LogP contribution in [0.1, 0.15) is 11.6 Å². The molecule has 3 N–H and O–H groups in total. The minimum atomic E-state index is -1.35. The predicted molar refractivity (Wildman–Crippen MR) is 114 cm³/mol. The number of rotatable bonds is 7. The average molecular weight is 459 g/mol. The number of nitrogens with one attached hydrogen (secondary N) is 2. The van der Waals surface area contributed by atoms with Gasteiger partial charge in [0.1, 0.15) is 6.04 Å². The number of carboxylic acids is 1. The molecule has 0 bridgehead atoms. The van der Waals surface area contributed by atoms with Gasteiger partial charge in [0.2, 0.25) is 11.8 Å². The molecule has 0 radical (unpaired) electrons. The molecule has 2 amide bonds. The van der Waals surface area contributed by atoms with Crippen molar-refractivity contribution in [2.45, 2.75) is 12.1 Å². The fraction of sp³-hybridized carbons (Fsp3) is 0.286. The standard InChI is InChI=1S/C21H19ClN4O6/c22-11-6-7-14(26(31)32)13(10-11)17-15-16(18(24-17)21(29)30)20(28)25(19(15)27)9-8-23-12-4-2-1-3-5-12/h1-7,10,15-18,23-24H,8-9H2,(H,29,30). The Kier molecular flexibility index (Phi) is 5.81. The molecule has 2 aromatic rings. The highest BCUT2D eigenvalue weighted by molar-refractivity contribution is 6.30. The normalized spacial score (nSPS) is 24.5. The van der Waals surface area contributed by atoms with Gasteiger partial charge in [0.25, 0.3) is 5.69 Å². The minimum absolute atomic E-state index is 0.0380. The van der Waals surface area contributed by atoms with E-state index in [0.717, 1.165) is 10.6 Å². The van der Waals surface area contributed by atoms with Gasteiger partial charge in [-0.05, 0) is 24.3 Å². The summed E-state index contributed by atoms with van der Waals surface area (Å²) in [6, 6.07) is 10.7. The van der Waals surface area contributed by atoms with Crippen LogP contribution in [0.2, 0.25) is 5.02 Å². The molecule has 10 nitrogen and oxygen atoms in total. The van der Waals surface area contributed by atoms with Crippen molar-refractivity contribution in [2.75, 3.05) is 18.4 Å². The van der Waals surface area contributed by atoms with Gasteiger partial charge in [0.05, 0.1) is 22.8 Å². The van der Waals surface area contributed by atoms with Crippen LogP contribution in [-0.4, -0.2) is 51.8 Å². The monoisotopic (exact) mass is 458 g/mol. The summed E-state index contributed by atoms with van der Waals surface area (Å²) in [7, 11) is 0. The van der Waals surface area contributed by atoms with Gasteiger partial charge in [-0.1, -0.05) is 29.8 Å². The molecule has 2 saturated heterocycles. The van der Waals surface area contributed by atoms with Crippen LogP contribution in [0, 0.1) is 22.0 Å². The number of hydrogen-bond donors (Lipinski definition) is 3. The van der Waals surface area contributed by atoms with Gasteiger partial charge in [0, 0.05) is 35.4 Å². The number of fused-ring (bicyclic) bond motifs is 1.